The van der Waals surface area contributed by atoms with Crippen LogP contribution in [0, 0.1) is 0 Å². The predicted molar refractivity (Wildman–Crippen MR) is 90.4 cm³/mol. The topological polar surface area (TPSA) is 32.5 Å². The summed E-state index contributed by atoms with van der Waals surface area (Å²) < 4.78 is 1.17. The van der Waals surface area contributed by atoms with Crippen molar-refractivity contribution in [2.24, 2.45) is 5.73 Å². The Morgan fingerprint density at radius 1 is 1.40 bits per heavy atom. The third-order valence-corrected chi connectivity index (χ3v) is 4.96. The molecule has 1 saturated heterocycles. The molecule has 20 heavy (non-hydrogen) atoms. The van der Waals surface area contributed by atoms with Gasteiger partial charge < -0.3 is 15.5 Å². The lowest BCUT2D eigenvalue weighted by Gasteiger charge is -2.36. The molecule has 0 amide bonds. The van der Waals surface area contributed by atoms with Crippen LogP contribution in [0.1, 0.15) is 25.3 Å². The maximum absolute atomic E-state index is 5.89. The van der Waals surface area contributed by atoms with Crippen LogP contribution in [-0.4, -0.2) is 44.2 Å². The lowest BCUT2D eigenvalue weighted by molar-refractivity contribution is 0.253. The fraction of sp³-hybridized carbons (Fsp3) is 0.625. The molecule has 112 valence electrons. The average molecular weight is 340 g/mol. The highest BCUT2D eigenvalue weighted by atomic mass is 79.9. The molecule has 3 nitrogen and oxygen atoms in total. The van der Waals surface area contributed by atoms with Gasteiger partial charge in [-0.2, -0.15) is 0 Å². The van der Waals surface area contributed by atoms with E-state index in [0.29, 0.717) is 6.04 Å². The number of hydrogen-bond acceptors (Lipinski definition) is 3. The number of piperidine rings is 1. The molecular formula is C16H26BrN3. The van der Waals surface area contributed by atoms with Crippen molar-refractivity contribution in [2.75, 3.05) is 32.1 Å². The van der Waals surface area contributed by atoms with Crippen molar-refractivity contribution in [1.82, 2.24) is 4.90 Å². The molecule has 1 aliphatic heterocycles. The van der Waals surface area contributed by atoms with Gasteiger partial charge in [-0.05, 0) is 64.0 Å². The molecule has 0 radical (unpaired) electrons. The van der Waals surface area contributed by atoms with Crippen LogP contribution in [0.2, 0.25) is 0 Å². The first-order valence-corrected chi connectivity index (χ1v) is 8.22. The fourth-order valence-electron chi connectivity index (χ4n) is 2.86. The van der Waals surface area contributed by atoms with E-state index in [9.17, 15) is 0 Å². The maximum atomic E-state index is 5.89. The van der Waals surface area contributed by atoms with Gasteiger partial charge in [-0.1, -0.05) is 22.0 Å². The Kier molecular flexibility index (Phi) is 5.47. The molecule has 0 aromatic heterocycles. The lowest BCUT2D eigenvalue weighted by Crippen LogP contribution is -2.42. The van der Waals surface area contributed by atoms with E-state index in [0.717, 1.165) is 6.42 Å². The highest BCUT2D eigenvalue weighted by molar-refractivity contribution is 9.10. The SMILES string of the molecule is CC(N)Cc1ccc(N(C)C2CCN(C)CC2)cc1Br. The van der Waals surface area contributed by atoms with Crippen molar-refractivity contribution in [1.29, 1.82) is 0 Å². The summed E-state index contributed by atoms with van der Waals surface area (Å²) in [7, 11) is 4.42. The standard InChI is InChI=1S/C16H26BrN3/c1-12(18)10-13-4-5-15(11-16(13)17)20(3)14-6-8-19(2)9-7-14/h4-5,11-12,14H,6-10,18H2,1-3H3. The highest BCUT2D eigenvalue weighted by Gasteiger charge is 2.21. The summed E-state index contributed by atoms with van der Waals surface area (Å²) in [6.07, 6.45) is 3.40. The number of anilines is 1. The van der Waals surface area contributed by atoms with Crippen LogP contribution >= 0.6 is 15.9 Å². The van der Waals surface area contributed by atoms with Crippen LogP contribution in [0.25, 0.3) is 0 Å². The number of nitrogens with two attached hydrogens (primary N) is 1. The molecule has 1 aliphatic rings. The molecule has 0 aliphatic carbocycles. The van der Waals surface area contributed by atoms with Crippen molar-refractivity contribution in [3.8, 4) is 0 Å². The molecule has 2 rings (SSSR count). The van der Waals surface area contributed by atoms with Gasteiger partial charge in [-0.15, -0.1) is 0 Å². The van der Waals surface area contributed by atoms with Gasteiger partial charge >= 0.3 is 0 Å². The Morgan fingerprint density at radius 2 is 2.05 bits per heavy atom. The Hall–Kier alpha value is -0.580. The Balaban J connectivity index is 2.06. The monoisotopic (exact) mass is 339 g/mol. The lowest BCUT2D eigenvalue weighted by atomic mass is 10.0. The summed E-state index contributed by atoms with van der Waals surface area (Å²) in [6, 6.07) is 7.51. The summed E-state index contributed by atoms with van der Waals surface area (Å²) in [5.74, 6) is 0. The zero-order valence-corrected chi connectivity index (χ0v) is 14.4. The number of hydrogen-bond donors (Lipinski definition) is 1. The van der Waals surface area contributed by atoms with Gasteiger partial charge in [0.1, 0.15) is 0 Å². The Bertz CT molecular complexity index is 439. The molecule has 1 aromatic carbocycles. The van der Waals surface area contributed by atoms with Gasteiger partial charge in [0.15, 0.2) is 0 Å². The highest BCUT2D eigenvalue weighted by Crippen LogP contribution is 2.27. The molecule has 0 spiro atoms. The fourth-order valence-corrected chi connectivity index (χ4v) is 3.39. The van der Waals surface area contributed by atoms with Crippen molar-refractivity contribution in [2.45, 2.75) is 38.3 Å². The summed E-state index contributed by atoms with van der Waals surface area (Å²) in [5, 5.41) is 0. The van der Waals surface area contributed by atoms with E-state index in [1.54, 1.807) is 0 Å². The van der Waals surface area contributed by atoms with Crippen LogP contribution in [-0.2, 0) is 6.42 Å². The Morgan fingerprint density at radius 3 is 2.60 bits per heavy atom. The molecule has 1 unspecified atom stereocenters. The molecule has 1 heterocycles. The van der Waals surface area contributed by atoms with Crippen LogP contribution in [0.5, 0.6) is 0 Å². The minimum absolute atomic E-state index is 0.198. The average Bonchev–Trinajstić information content (AvgIpc) is 2.41. The number of nitrogens with zero attached hydrogens (tertiary/aromatic N) is 2. The van der Waals surface area contributed by atoms with Crippen molar-refractivity contribution in [3.05, 3.63) is 28.2 Å². The van der Waals surface area contributed by atoms with Crippen molar-refractivity contribution in [3.63, 3.8) is 0 Å². The number of halogens is 1. The number of rotatable bonds is 4. The second-order valence-electron chi connectivity index (χ2n) is 6.10. The van der Waals surface area contributed by atoms with Gasteiger partial charge in [-0.25, -0.2) is 0 Å². The zero-order chi connectivity index (χ0) is 14.7. The van der Waals surface area contributed by atoms with Crippen LogP contribution in [0.15, 0.2) is 22.7 Å². The van der Waals surface area contributed by atoms with Gasteiger partial charge in [0.2, 0.25) is 0 Å². The first-order chi connectivity index (χ1) is 9.47. The second kappa shape index (κ2) is 6.92. The molecule has 0 bridgehead atoms. The molecule has 1 fully saturated rings. The van der Waals surface area contributed by atoms with Crippen LogP contribution in [0.4, 0.5) is 5.69 Å². The summed E-state index contributed by atoms with van der Waals surface area (Å²) in [5.41, 5.74) is 8.47. The van der Waals surface area contributed by atoms with E-state index in [1.807, 2.05) is 6.92 Å². The molecular weight excluding hydrogens is 314 g/mol. The minimum atomic E-state index is 0.198. The molecule has 1 aromatic rings. The predicted octanol–water partition coefficient (Wildman–Crippen LogP) is 2.87. The van der Waals surface area contributed by atoms with Crippen molar-refractivity contribution < 1.29 is 0 Å². The summed E-state index contributed by atoms with van der Waals surface area (Å²) >= 11 is 3.69. The van der Waals surface area contributed by atoms with E-state index in [2.05, 4.69) is 58.0 Å². The van der Waals surface area contributed by atoms with E-state index >= 15 is 0 Å². The van der Waals surface area contributed by atoms with Gasteiger partial charge in [0.25, 0.3) is 0 Å². The largest absolute Gasteiger partial charge is 0.371 e. The third kappa shape index (κ3) is 3.96. The van der Waals surface area contributed by atoms with E-state index in [4.69, 9.17) is 5.73 Å². The normalized spacial score (nSPS) is 19.1. The van der Waals surface area contributed by atoms with Gasteiger partial charge in [0, 0.05) is 29.3 Å². The molecule has 2 N–H and O–H groups in total. The smallest absolute Gasteiger partial charge is 0.0377 e. The molecule has 1 atom stereocenters. The number of benzene rings is 1. The first-order valence-electron chi connectivity index (χ1n) is 7.42. The van der Waals surface area contributed by atoms with E-state index < -0.39 is 0 Å². The summed E-state index contributed by atoms with van der Waals surface area (Å²) in [4.78, 5) is 4.83. The second-order valence-corrected chi connectivity index (χ2v) is 6.96. The van der Waals surface area contributed by atoms with Gasteiger partial charge in [-0.3, -0.25) is 0 Å². The van der Waals surface area contributed by atoms with Crippen LogP contribution < -0.4 is 10.6 Å². The maximum Gasteiger partial charge on any atom is 0.0377 e. The minimum Gasteiger partial charge on any atom is -0.371 e. The van der Waals surface area contributed by atoms with E-state index in [-0.39, 0.29) is 6.04 Å². The molecule has 0 saturated carbocycles. The third-order valence-electron chi connectivity index (χ3n) is 4.22. The quantitative estimate of drug-likeness (QED) is 0.915. The Labute approximate surface area is 131 Å². The van der Waals surface area contributed by atoms with Crippen LogP contribution in [0.3, 0.4) is 0 Å². The first kappa shape index (κ1) is 15.8. The summed E-state index contributed by atoms with van der Waals surface area (Å²) in [6.45, 7) is 4.43. The van der Waals surface area contributed by atoms with E-state index in [1.165, 1.54) is 41.7 Å². The zero-order valence-electron chi connectivity index (χ0n) is 12.8. The number of likely N-dealkylation sites (tertiary alicyclic amines) is 1. The van der Waals surface area contributed by atoms with Gasteiger partial charge in [0.05, 0.1) is 0 Å². The van der Waals surface area contributed by atoms with Crippen molar-refractivity contribution >= 4 is 21.6 Å². The molecule has 4 heteroatoms.